The lowest BCUT2D eigenvalue weighted by molar-refractivity contribution is -0.149. The number of amides is 3. The largest absolute Gasteiger partial charge is 0.497 e. The minimum atomic E-state index is -1.10. The van der Waals surface area contributed by atoms with E-state index in [1.165, 1.54) is 11.9 Å². The van der Waals surface area contributed by atoms with Gasteiger partial charge in [-0.3, -0.25) is 24.6 Å². The average molecular weight is 464 g/mol. The number of nitrogens with one attached hydrogen (secondary N) is 1. The first-order valence-corrected chi connectivity index (χ1v) is 11.5. The predicted molar refractivity (Wildman–Crippen MR) is 124 cm³/mol. The molecule has 8 nitrogen and oxygen atoms in total. The lowest BCUT2D eigenvalue weighted by Crippen LogP contribution is -2.63. The van der Waals surface area contributed by atoms with Crippen molar-refractivity contribution in [3.63, 3.8) is 0 Å². The molecule has 1 N–H and O–H groups in total. The second-order valence-corrected chi connectivity index (χ2v) is 9.28. The number of benzene rings is 2. The molecule has 0 saturated carbocycles. The quantitative estimate of drug-likeness (QED) is 0.684. The zero-order valence-corrected chi connectivity index (χ0v) is 19.6. The summed E-state index contributed by atoms with van der Waals surface area (Å²) in [5.74, 6) is -0.501. The molecule has 34 heavy (non-hydrogen) atoms. The maximum Gasteiger partial charge on any atom is 0.244 e. The maximum absolute atomic E-state index is 14.0. The SMILES string of the molecule is COc1ccc(CN2CCC[C@]3(N[C@H](c4ccc(OC)cc4)[C@@H]4C(=O)N(C)C(=O)[C@@H]43)C2=O)cc1. The van der Waals surface area contributed by atoms with Crippen LogP contribution in [-0.2, 0) is 20.9 Å². The van der Waals surface area contributed by atoms with Gasteiger partial charge in [0.05, 0.1) is 26.1 Å². The van der Waals surface area contributed by atoms with Crippen molar-refractivity contribution in [3.05, 3.63) is 59.7 Å². The van der Waals surface area contributed by atoms with Crippen LogP contribution in [0.2, 0.25) is 0 Å². The molecule has 3 heterocycles. The summed E-state index contributed by atoms with van der Waals surface area (Å²) in [6.45, 7) is 1.05. The molecule has 178 valence electrons. The van der Waals surface area contributed by atoms with Crippen molar-refractivity contribution in [1.82, 2.24) is 15.1 Å². The van der Waals surface area contributed by atoms with Crippen molar-refractivity contribution in [1.29, 1.82) is 0 Å². The Morgan fingerprint density at radius 1 is 0.941 bits per heavy atom. The number of carbonyl (C=O) groups is 3. The minimum Gasteiger partial charge on any atom is -0.497 e. The second kappa shape index (κ2) is 8.43. The number of ether oxygens (including phenoxy) is 2. The van der Waals surface area contributed by atoms with Gasteiger partial charge in [0.15, 0.2) is 0 Å². The van der Waals surface area contributed by atoms with Crippen molar-refractivity contribution in [2.45, 2.75) is 31.0 Å². The molecule has 3 aliphatic rings. The lowest BCUT2D eigenvalue weighted by Gasteiger charge is -2.42. The van der Waals surface area contributed by atoms with Gasteiger partial charge in [-0.25, -0.2) is 0 Å². The van der Waals surface area contributed by atoms with E-state index in [2.05, 4.69) is 5.32 Å². The van der Waals surface area contributed by atoms with E-state index in [0.717, 1.165) is 23.3 Å². The number of carbonyl (C=O) groups excluding carboxylic acids is 3. The number of fused-ring (bicyclic) bond motifs is 2. The molecule has 2 aromatic carbocycles. The van der Waals surface area contributed by atoms with Gasteiger partial charge in [-0.1, -0.05) is 24.3 Å². The fraction of sp³-hybridized carbons (Fsp3) is 0.423. The van der Waals surface area contributed by atoms with Gasteiger partial charge in [0.25, 0.3) is 0 Å². The highest BCUT2D eigenvalue weighted by atomic mass is 16.5. The molecule has 0 radical (unpaired) electrons. The summed E-state index contributed by atoms with van der Waals surface area (Å²) in [7, 11) is 4.73. The number of methoxy groups -OCH3 is 2. The Morgan fingerprint density at radius 2 is 1.56 bits per heavy atom. The summed E-state index contributed by atoms with van der Waals surface area (Å²) >= 11 is 0. The third-order valence-electron chi connectivity index (χ3n) is 7.55. The normalized spacial score (nSPS) is 28.6. The molecule has 3 fully saturated rings. The van der Waals surface area contributed by atoms with Gasteiger partial charge in [-0.2, -0.15) is 0 Å². The van der Waals surface area contributed by atoms with Gasteiger partial charge in [-0.05, 0) is 48.2 Å². The minimum absolute atomic E-state index is 0.114. The van der Waals surface area contributed by atoms with E-state index < -0.39 is 23.4 Å². The maximum atomic E-state index is 14.0. The van der Waals surface area contributed by atoms with Gasteiger partial charge in [0.2, 0.25) is 17.7 Å². The summed E-state index contributed by atoms with van der Waals surface area (Å²) in [5, 5.41) is 3.51. The summed E-state index contributed by atoms with van der Waals surface area (Å²) in [6, 6.07) is 14.7. The van der Waals surface area contributed by atoms with Crippen LogP contribution in [0.3, 0.4) is 0 Å². The Kier molecular flexibility index (Phi) is 5.56. The van der Waals surface area contributed by atoms with Gasteiger partial charge in [-0.15, -0.1) is 0 Å². The number of likely N-dealkylation sites (tertiary alicyclic amines) is 2. The van der Waals surface area contributed by atoms with Crippen LogP contribution < -0.4 is 14.8 Å². The summed E-state index contributed by atoms with van der Waals surface area (Å²) in [6.07, 6.45) is 1.27. The second-order valence-electron chi connectivity index (χ2n) is 9.28. The molecule has 3 aliphatic heterocycles. The zero-order valence-electron chi connectivity index (χ0n) is 19.6. The fourth-order valence-corrected chi connectivity index (χ4v) is 5.81. The van der Waals surface area contributed by atoms with Crippen molar-refractivity contribution < 1.29 is 23.9 Å². The van der Waals surface area contributed by atoms with Gasteiger partial charge in [0, 0.05) is 26.2 Å². The lowest BCUT2D eigenvalue weighted by atomic mass is 9.74. The highest BCUT2D eigenvalue weighted by molar-refractivity contribution is 6.10. The van der Waals surface area contributed by atoms with E-state index in [9.17, 15) is 14.4 Å². The van der Waals surface area contributed by atoms with E-state index in [1.54, 1.807) is 14.2 Å². The zero-order chi connectivity index (χ0) is 24.0. The number of piperidine rings is 1. The Morgan fingerprint density at radius 3 is 2.18 bits per heavy atom. The first-order chi connectivity index (χ1) is 16.4. The molecule has 8 heteroatoms. The van der Waals surface area contributed by atoms with Crippen molar-refractivity contribution in [3.8, 4) is 11.5 Å². The van der Waals surface area contributed by atoms with Crippen LogP contribution in [0.4, 0.5) is 0 Å². The third-order valence-corrected chi connectivity index (χ3v) is 7.55. The molecule has 0 aliphatic carbocycles. The first kappa shape index (κ1) is 22.4. The smallest absolute Gasteiger partial charge is 0.244 e. The monoisotopic (exact) mass is 463 g/mol. The van der Waals surface area contributed by atoms with Gasteiger partial charge >= 0.3 is 0 Å². The van der Waals surface area contributed by atoms with Crippen molar-refractivity contribution in [2.24, 2.45) is 11.8 Å². The van der Waals surface area contributed by atoms with Crippen LogP contribution in [0.15, 0.2) is 48.5 Å². The van der Waals surface area contributed by atoms with Crippen molar-refractivity contribution in [2.75, 3.05) is 27.8 Å². The van der Waals surface area contributed by atoms with E-state index in [-0.39, 0.29) is 17.7 Å². The number of rotatable bonds is 5. The van der Waals surface area contributed by atoms with Crippen LogP contribution in [0.5, 0.6) is 11.5 Å². The topological polar surface area (TPSA) is 88.2 Å². The van der Waals surface area contributed by atoms with E-state index in [1.807, 2.05) is 53.4 Å². The number of imide groups is 1. The Labute approximate surface area is 198 Å². The highest BCUT2D eigenvalue weighted by Gasteiger charge is 2.68. The Balaban J connectivity index is 1.49. The Hall–Kier alpha value is -3.39. The Bertz CT molecular complexity index is 1120. The predicted octanol–water partition coefficient (Wildman–Crippen LogP) is 2.14. The van der Waals surface area contributed by atoms with Crippen LogP contribution >= 0.6 is 0 Å². The standard InChI is InChI=1S/C26H29N3O5/c1-28-23(30)20-21(24(28)31)26(27-22(20)17-7-11-19(34-3)12-8-17)13-4-14-29(25(26)32)15-16-5-9-18(33-2)10-6-16/h5-12,20-22,27H,4,13-15H2,1-3H3/t20-,21-,22-,26-/m1/s1. The molecule has 0 bridgehead atoms. The highest BCUT2D eigenvalue weighted by Crippen LogP contribution is 2.51. The summed E-state index contributed by atoms with van der Waals surface area (Å²) in [4.78, 5) is 43.5. The number of hydrogen-bond acceptors (Lipinski definition) is 6. The van der Waals surface area contributed by atoms with Crippen LogP contribution in [0.1, 0.15) is 30.0 Å². The van der Waals surface area contributed by atoms with E-state index in [0.29, 0.717) is 25.3 Å². The molecule has 0 aromatic heterocycles. The third kappa shape index (κ3) is 3.36. The van der Waals surface area contributed by atoms with E-state index >= 15 is 0 Å². The summed E-state index contributed by atoms with van der Waals surface area (Å²) < 4.78 is 10.5. The van der Waals surface area contributed by atoms with Crippen LogP contribution in [-0.4, -0.2) is 60.9 Å². The average Bonchev–Trinajstić information content (AvgIpc) is 3.32. The molecule has 4 atom stereocenters. The van der Waals surface area contributed by atoms with Gasteiger partial charge in [0.1, 0.15) is 17.0 Å². The summed E-state index contributed by atoms with van der Waals surface area (Å²) in [5.41, 5.74) is 0.750. The molecular formula is C26H29N3O5. The number of nitrogens with zero attached hydrogens (tertiary/aromatic N) is 2. The molecule has 1 spiro atoms. The van der Waals surface area contributed by atoms with Gasteiger partial charge < -0.3 is 14.4 Å². The number of hydrogen-bond donors (Lipinski definition) is 1. The van der Waals surface area contributed by atoms with E-state index in [4.69, 9.17) is 9.47 Å². The van der Waals surface area contributed by atoms with Crippen molar-refractivity contribution >= 4 is 17.7 Å². The molecule has 5 rings (SSSR count). The fourth-order valence-electron chi connectivity index (χ4n) is 5.81. The molecule has 2 aromatic rings. The van der Waals surface area contributed by atoms with Crippen LogP contribution in [0.25, 0.3) is 0 Å². The molecular weight excluding hydrogens is 434 g/mol. The first-order valence-electron chi connectivity index (χ1n) is 11.5. The molecule has 3 amide bonds. The molecule has 3 saturated heterocycles. The molecule has 0 unspecified atom stereocenters. The van der Waals surface area contributed by atoms with Crippen LogP contribution in [0, 0.1) is 11.8 Å².